The van der Waals surface area contributed by atoms with Gasteiger partial charge in [-0.05, 0) is 99.1 Å². The summed E-state index contributed by atoms with van der Waals surface area (Å²) < 4.78 is 17.8. The first-order chi connectivity index (χ1) is 25.3. The predicted molar refractivity (Wildman–Crippen MR) is 199 cm³/mol. The van der Waals surface area contributed by atoms with Gasteiger partial charge in [-0.25, -0.2) is 14.3 Å². The number of unbranched alkanes of at least 4 members (excludes halogenated alkanes) is 1. The molecule has 0 aliphatic rings. The van der Waals surface area contributed by atoms with Gasteiger partial charge in [-0.2, -0.15) is 5.10 Å². The molecule has 2 N–H and O–H groups in total. The largest absolute Gasteiger partial charge is 0.494 e. The molecule has 0 fully saturated rings. The fraction of sp³-hybridized carbons (Fsp3) is 0.195. The molecule has 0 radical (unpaired) electrons. The highest BCUT2D eigenvalue weighted by Crippen LogP contribution is 2.29. The minimum absolute atomic E-state index is 0.227. The molecule has 0 atom stereocenters. The molecule has 266 valence electrons. The molecule has 1 aromatic heterocycles. The van der Waals surface area contributed by atoms with E-state index in [1.165, 1.54) is 30.3 Å². The van der Waals surface area contributed by atoms with Crippen molar-refractivity contribution in [2.75, 3.05) is 30.5 Å². The zero-order chi connectivity index (χ0) is 36.9. The maximum absolute atomic E-state index is 14.0. The summed E-state index contributed by atoms with van der Waals surface area (Å²) in [6.45, 7) is 6.55. The zero-order valence-corrected chi connectivity index (χ0v) is 29.3. The second-order valence-electron chi connectivity index (χ2n) is 11.5. The van der Waals surface area contributed by atoms with Gasteiger partial charge in [0.25, 0.3) is 11.8 Å². The van der Waals surface area contributed by atoms with Crippen molar-refractivity contribution in [1.29, 1.82) is 0 Å². The molecule has 0 saturated carbocycles. The number of aromatic nitrogens is 2. The second-order valence-corrected chi connectivity index (χ2v) is 11.5. The summed E-state index contributed by atoms with van der Waals surface area (Å²) in [5, 5.41) is 10.4. The second kappa shape index (κ2) is 18.0. The van der Waals surface area contributed by atoms with Crippen LogP contribution in [0.4, 0.5) is 11.4 Å². The van der Waals surface area contributed by atoms with Gasteiger partial charge >= 0.3 is 11.9 Å². The Morgan fingerprint density at radius 3 is 1.83 bits per heavy atom. The van der Waals surface area contributed by atoms with Crippen LogP contribution in [-0.4, -0.2) is 53.4 Å². The lowest BCUT2D eigenvalue weighted by atomic mass is 10.0. The minimum atomic E-state index is -0.709. The lowest BCUT2D eigenvalue weighted by Crippen LogP contribution is -2.25. The van der Waals surface area contributed by atoms with Crippen molar-refractivity contribution in [3.63, 3.8) is 0 Å². The minimum Gasteiger partial charge on any atom is -0.494 e. The third kappa shape index (κ3) is 9.60. The van der Waals surface area contributed by atoms with E-state index in [0.29, 0.717) is 46.1 Å². The first-order valence-corrected chi connectivity index (χ1v) is 17.1. The Bertz CT molecular complexity index is 1960. The molecule has 0 aliphatic carbocycles. The number of rotatable bonds is 15. The molecule has 11 heteroatoms. The number of amides is 2. The number of esters is 2. The molecule has 4 aromatic carbocycles. The highest BCUT2D eigenvalue weighted by molar-refractivity contribution is 6.29. The maximum Gasteiger partial charge on any atom is 0.338 e. The first-order valence-electron chi connectivity index (χ1n) is 17.1. The van der Waals surface area contributed by atoms with Gasteiger partial charge in [0.2, 0.25) is 0 Å². The van der Waals surface area contributed by atoms with Crippen LogP contribution < -0.4 is 15.4 Å². The number of ether oxygens (including phenoxy) is 3. The van der Waals surface area contributed by atoms with Crippen molar-refractivity contribution in [3.05, 3.63) is 132 Å². The van der Waals surface area contributed by atoms with E-state index in [-0.39, 0.29) is 18.8 Å². The van der Waals surface area contributed by atoms with Crippen LogP contribution in [0.15, 0.2) is 115 Å². The number of nitrogens with one attached hydrogen (secondary N) is 2. The maximum atomic E-state index is 14.0. The van der Waals surface area contributed by atoms with Crippen LogP contribution in [0.1, 0.15) is 59.9 Å². The smallest absolute Gasteiger partial charge is 0.338 e. The van der Waals surface area contributed by atoms with Crippen LogP contribution in [0.5, 0.6) is 5.75 Å². The number of carbonyl (C=O) groups is 4. The molecular weight excluding hydrogens is 660 g/mol. The first kappa shape index (κ1) is 36.8. The van der Waals surface area contributed by atoms with E-state index in [9.17, 15) is 19.2 Å². The van der Waals surface area contributed by atoms with Crippen LogP contribution >= 0.6 is 0 Å². The fourth-order valence-electron chi connectivity index (χ4n) is 5.09. The van der Waals surface area contributed by atoms with Gasteiger partial charge in [0.1, 0.15) is 17.0 Å². The van der Waals surface area contributed by atoms with Gasteiger partial charge in [-0.1, -0.05) is 43.7 Å². The van der Waals surface area contributed by atoms with Gasteiger partial charge in [-0.3, -0.25) is 9.59 Å². The van der Waals surface area contributed by atoms with E-state index in [4.69, 9.17) is 19.3 Å². The Morgan fingerprint density at radius 1 is 0.712 bits per heavy atom. The molecule has 52 heavy (non-hydrogen) atoms. The average Bonchev–Trinajstić information content (AvgIpc) is 3.59. The summed E-state index contributed by atoms with van der Waals surface area (Å²) in [6.07, 6.45) is 5.13. The number of hydrogen-bond acceptors (Lipinski definition) is 8. The molecule has 0 unspecified atom stereocenters. The van der Waals surface area contributed by atoms with Crippen LogP contribution in [-0.2, 0) is 19.1 Å². The van der Waals surface area contributed by atoms with Crippen LogP contribution in [0, 0.1) is 0 Å². The number of benzene rings is 4. The Labute approximate surface area is 302 Å². The van der Waals surface area contributed by atoms with E-state index in [0.717, 1.165) is 24.1 Å². The highest BCUT2D eigenvalue weighted by atomic mass is 16.5. The lowest BCUT2D eigenvalue weighted by molar-refractivity contribution is -0.118. The van der Waals surface area contributed by atoms with E-state index < -0.39 is 23.8 Å². The molecule has 11 nitrogen and oxygen atoms in total. The monoisotopic (exact) mass is 700 g/mol. The number of carbonyl (C=O) groups excluding carboxylic acids is 4. The SMILES string of the molecule is CCCCOc1cccc(-c2nn(-c3ccccc3)cc2C=C(C(=O)Nc2ccc(C(=O)OCC)cc2)C(=O)Nc2ccc(C(=O)OCC)cc2)c1. The standard InChI is InChI=1S/C41H40N4O7/c1-4-7-24-52-35-15-11-12-30(25-35)37-31(27-45(44-37)34-13-9-8-10-14-34)26-36(38(46)42-32-20-16-28(17-21-32)40(48)50-5-2)39(47)43-33-22-18-29(19-23-33)41(49)51-6-3/h8-23,25-27H,4-7,24H2,1-3H3,(H,42,46)(H,43,47). The molecule has 0 bridgehead atoms. The molecule has 0 spiro atoms. The molecule has 5 rings (SSSR count). The third-order valence-corrected chi connectivity index (χ3v) is 7.73. The molecule has 0 aliphatic heterocycles. The van der Waals surface area contributed by atoms with E-state index in [1.807, 2.05) is 54.6 Å². The highest BCUT2D eigenvalue weighted by Gasteiger charge is 2.22. The number of hydrogen-bond donors (Lipinski definition) is 2. The third-order valence-electron chi connectivity index (χ3n) is 7.73. The van der Waals surface area contributed by atoms with Crippen molar-refractivity contribution >= 4 is 41.2 Å². The summed E-state index contributed by atoms with van der Waals surface area (Å²) in [7, 11) is 0. The van der Waals surface area contributed by atoms with Crippen LogP contribution in [0.3, 0.4) is 0 Å². The zero-order valence-electron chi connectivity index (χ0n) is 29.3. The van der Waals surface area contributed by atoms with Gasteiger partial charge < -0.3 is 24.8 Å². The molecular formula is C41H40N4O7. The summed E-state index contributed by atoms with van der Waals surface area (Å²) >= 11 is 0. The Kier molecular flexibility index (Phi) is 12.7. The van der Waals surface area contributed by atoms with Gasteiger partial charge in [0, 0.05) is 28.7 Å². The summed E-state index contributed by atoms with van der Waals surface area (Å²) in [4.78, 5) is 52.3. The van der Waals surface area contributed by atoms with E-state index >= 15 is 0 Å². The van der Waals surface area contributed by atoms with Crippen LogP contribution in [0.25, 0.3) is 23.0 Å². The molecule has 2 amide bonds. The normalized spacial score (nSPS) is 10.5. The van der Waals surface area contributed by atoms with E-state index in [2.05, 4.69) is 17.6 Å². The molecule has 1 heterocycles. The van der Waals surface area contributed by atoms with Gasteiger partial charge in [0.05, 0.1) is 36.6 Å². The molecule has 0 saturated heterocycles. The van der Waals surface area contributed by atoms with E-state index in [1.54, 1.807) is 49.0 Å². The summed E-state index contributed by atoms with van der Waals surface area (Å²) in [5.41, 5.74) is 3.62. The van der Waals surface area contributed by atoms with Crippen molar-refractivity contribution in [2.24, 2.45) is 0 Å². The summed E-state index contributed by atoms with van der Waals surface area (Å²) in [6, 6.07) is 29.3. The summed E-state index contributed by atoms with van der Waals surface area (Å²) in [5.74, 6) is -1.73. The number of para-hydroxylation sites is 1. The number of nitrogens with zero attached hydrogens (tertiary/aromatic N) is 2. The predicted octanol–water partition coefficient (Wildman–Crippen LogP) is 7.73. The Morgan fingerprint density at radius 2 is 1.29 bits per heavy atom. The number of anilines is 2. The van der Waals surface area contributed by atoms with Crippen LogP contribution in [0.2, 0.25) is 0 Å². The topological polar surface area (TPSA) is 138 Å². The quantitative estimate of drug-likeness (QED) is 0.0372. The lowest BCUT2D eigenvalue weighted by Gasteiger charge is -2.12. The van der Waals surface area contributed by atoms with Crippen molar-refractivity contribution in [1.82, 2.24) is 9.78 Å². The Hall–Kier alpha value is -6.49. The average molecular weight is 701 g/mol. The van der Waals surface area contributed by atoms with Crippen molar-refractivity contribution < 1.29 is 33.4 Å². The van der Waals surface area contributed by atoms with Crippen molar-refractivity contribution in [3.8, 4) is 22.7 Å². The Balaban J connectivity index is 1.55. The van der Waals surface area contributed by atoms with Gasteiger partial charge in [0.15, 0.2) is 0 Å². The molecule has 5 aromatic rings. The van der Waals surface area contributed by atoms with Crippen molar-refractivity contribution in [2.45, 2.75) is 33.6 Å². The fourth-order valence-corrected chi connectivity index (χ4v) is 5.09. The van der Waals surface area contributed by atoms with Gasteiger partial charge in [-0.15, -0.1) is 0 Å².